The average molecular weight is 1350 g/mol. The Morgan fingerprint density at radius 3 is 0.862 bits per heavy atom. The average Bonchev–Trinajstić information content (AvgIpc) is 1.44. The summed E-state index contributed by atoms with van der Waals surface area (Å²) < 4.78 is 0. The maximum atomic E-state index is 11.6. The van der Waals surface area contributed by atoms with Crippen LogP contribution in [-0.2, 0) is 38.4 Å². The Morgan fingerprint density at radius 2 is 0.606 bits per heavy atom. The lowest BCUT2D eigenvalue weighted by Crippen LogP contribution is -2.47. The molecule has 4 amide bonds. The summed E-state index contributed by atoms with van der Waals surface area (Å²) in [6.45, 7) is 56.8. The Balaban J connectivity index is -0.000000125. The van der Waals surface area contributed by atoms with Crippen molar-refractivity contribution in [2.24, 2.45) is 58.8 Å². The summed E-state index contributed by atoms with van der Waals surface area (Å²) >= 11 is 0. The van der Waals surface area contributed by atoms with Gasteiger partial charge in [-0.2, -0.15) is 0 Å². The molecule has 0 radical (unpaired) electrons. The van der Waals surface area contributed by atoms with Crippen LogP contribution in [0.5, 0.6) is 0 Å². The zero-order valence-electron chi connectivity index (χ0n) is 58.1. The largest absolute Gasteiger partial charge is 0.340 e. The SMILES string of the molecule is C.C.C.C.C.C.C.CC(C)C(=O)CCN.CC(C)C(=O)CCN1CCNCC1.CC(C)C(=O)CN.CC(C)C(=O)CN1CCNCC1.CC(C)C(=O)N1CCNCC1.CC(C)C(=O)N1CCNCC1.CC(C)CC(=O)N1CCNCC1.CC(C)CCC(=O)N1CCNCC1. The van der Waals surface area contributed by atoms with Gasteiger partial charge in [-0.3, -0.25) is 43.3 Å². The quantitative estimate of drug-likeness (QED) is 0.0631. The lowest BCUT2D eigenvalue weighted by atomic mass is 10.1. The third kappa shape index (κ3) is 58.3. The van der Waals surface area contributed by atoms with Gasteiger partial charge in [0.15, 0.2) is 0 Å². The van der Waals surface area contributed by atoms with Gasteiger partial charge in [-0.1, -0.05) is 163 Å². The van der Waals surface area contributed by atoms with Gasteiger partial charge in [0.25, 0.3) is 0 Å². The third-order valence-corrected chi connectivity index (χ3v) is 14.9. The molecule has 0 atom stereocenters. The minimum Gasteiger partial charge on any atom is -0.340 e. The highest BCUT2D eigenvalue weighted by Gasteiger charge is 2.21. The van der Waals surface area contributed by atoms with Crippen molar-refractivity contribution in [1.29, 1.82) is 0 Å². The van der Waals surface area contributed by atoms with E-state index in [0.717, 1.165) is 183 Å². The van der Waals surface area contributed by atoms with Crippen LogP contribution in [0, 0.1) is 47.3 Å². The van der Waals surface area contributed by atoms with E-state index in [1.165, 1.54) is 0 Å². The Morgan fingerprint density at radius 1 is 0.319 bits per heavy atom. The number of ketones is 4. The lowest BCUT2D eigenvalue weighted by Gasteiger charge is -2.28. The summed E-state index contributed by atoms with van der Waals surface area (Å²) in [5, 5.41) is 19.5. The number of carbonyl (C=O) groups excluding carboxylic acids is 8. The molecular formula is C72H160N14O8. The molecule has 0 aromatic rings. The topological polar surface area (TPSA) is 280 Å². The highest BCUT2D eigenvalue weighted by molar-refractivity contribution is 5.83. The molecule has 6 aliphatic heterocycles. The molecule has 6 heterocycles. The molecule has 6 rings (SSSR count). The van der Waals surface area contributed by atoms with E-state index in [9.17, 15) is 38.4 Å². The van der Waals surface area contributed by atoms with Crippen molar-refractivity contribution in [2.75, 3.05) is 183 Å². The number of nitrogens with zero attached hydrogens (tertiary/aromatic N) is 6. The smallest absolute Gasteiger partial charge is 0.225 e. The van der Waals surface area contributed by atoms with Crippen LogP contribution in [-0.4, -0.2) is 259 Å². The minimum absolute atomic E-state index is 0. The lowest BCUT2D eigenvalue weighted by molar-refractivity contribution is -0.135. The monoisotopic (exact) mass is 1350 g/mol. The van der Waals surface area contributed by atoms with Crippen LogP contribution < -0.4 is 43.4 Å². The molecule has 0 spiro atoms. The Kier molecular flexibility index (Phi) is 78.4. The maximum Gasteiger partial charge on any atom is 0.225 e. The molecule has 0 bridgehead atoms. The Hall–Kier alpha value is -3.84. The van der Waals surface area contributed by atoms with Gasteiger partial charge < -0.3 is 67.9 Å². The predicted octanol–water partition coefficient (Wildman–Crippen LogP) is 7.27. The van der Waals surface area contributed by atoms with Crippen molar-refractivity contribution < 1.29 is 38.4 Å². The highest BCUT2D eigenvalue weighted by atomic mass is 16.2. The van der Waals surface area contributed by atoms with E-state index in [1.807, 2.05) is 103 Å². The number of rotatable bonds is 19. The first-order valence-corrected chi connectivity index (χ1v) is 33.4. The van der Waals surface area contributed by atoms with Gasteiger partial charge in [0.2, 0.25) is 23.6 Å². The van der Waals surface area contributed by atoms with Gasteiger partial charge >= 0.3 is 0 Å². The number of Topliss-reactive ketones (excluding diaryl/α,β-unsaturated/α-hetero) is 4. The van der Waals surface area contributed by atoms with Crippen molar-refractivity contribution in [2.45, 2.75) is 195 Å². The van der Waals surface area contributed by atoms with Crippen molar-refractivity contribution in [3.63, 3.8) is 0 Å². The van der Waals surface area contributed by atoms with Gasteiger partial charge in [-0.05, 0) is 24.8 Å². The molecule has 22 nitrogen and oxygen atoms in total. The van der Waals surface area contributed by atoms with Crippen molar-refractivity contribution in [1.82, 2.24) is 61.3 Å². The van der Waals surface area contributed by atoms with Crippen LogP contribution in [0.4, 0.5) is 0 Å². The second kappa shape index (κ2) is 67.7. The molecule has 22 heteroatoms. The van der Waals surface area contributed by atoms with Gasteiger partial charge in [0, 0.05) is 225 Å². The van der Waals surface area contributed by atoms with E-state index < -0.39 is 0 Å². The number of amides is 4. The number of piperazine rings is 6. The fourth-order valence-corrected chi connectivity index (χ4v) is 8.81. The molecule has 6 fully saturated rings. The zero-order chi connectivity index (χ0) is 66.3. The first-order valence-electron chi connectivity index (χ1n) is 33.4. The van der Waals surface area contributed by atoms with Crippen LogP contribution in [0.15, 0.2) is 0 Å². The summed E-state index contributed by atoms with van der Waals surface area (Å²) in [6.07, 6.45) is 3.68. The fraction of sp³-hybridized carbons (Fsp3) is 0.889. The normalized spacial score (nSPS) is 16.1. The molecule has 6 aliphatic rings. The molecule has 6 saturated heterocycles. The van der Waals surface area contributed by atoms with E-state index in [0.29, 0.717) is 61.1 Å². The molecule has 0 aromatic heterocycles. The number of nitrogens with two attached hydrogens (primary N) is 2. The molecular weight excluding hydrogens is 1190 g/mol. The van der Waals surface area contributed by atoms with Gasteiger partial charge in [0.1, 0.15) is 23.1 Å². The van der Waals surface area contributed by atoms with E-state index in [4.69, 9.17) is 11.5 Å². The Labute approximate surface area is 581 Å². The van der Waals surface area contributed by atoms with Crippen molar-refractivity contribution in [3.8, 4) is 0 Å². The number of nitrogens with one attached hydrogen (secondary N) is 6. The summed E-state index contributed by atoms with van der Waals surface area (Å²) in [5.41, 5.74) is 10.2. The predicted molar refractivity (Wildman–Crippen MR) is 403 cm³/mol. The molecule has 94 heavy (non-hydrogen) atoms. The molecule has 0 aliphatic carbocycles. The summed E-state index contributed by atoms with van der Waals surface area (Å²) in [5.74, 6) is 4.37. The van der Waals surface area contributed by atoms with Crippen LogP contribution >= 0.6 is 0 Å². The molecule has 0 aromatic carbocycles. The maximum absolute atomic E-state index is 11.6. The highest BCUT2D eigenvalue weighted by Crippen LogP contribution is 2.09. The van der Waals surface area contributed by atoms with Crippen LogP contribution in [0.3, 0.4) is 0 Å². The van der Waals surface area contributed by atoms with E-state index >= 15 is 0 Å². The van der Waals surface area contributed by atoms with E-state index in [1.54, 1.807) is 0 Å². The summed E-state index contributed by atoms with van der Waals surface area (Å²) in [4.78, 5) is 102. The van der Waals surface area contributed by atoms with Gasteiger partial charge in [0.05, 0.1) is 13.1 Å². The molecule has 566 valence electrons. The molecule has 0 saturated carbocycles. The minimum atomic E-state index is 0. The number of carbonyl (C=O) groups is 8. The van der Waals surface area contributed by atoms with Crippen LogP contribution in [0.2, 0.25) is 0 Å². The summed E-state index contributed by atoms with van der Waals surface area (Å²) in [7, 11) is 0. The number of hydrogen-bond donors (Lipinski definition) is 8. The van der Waals surface area contributed by atoms with Crippen molar-refractivity contribution in [3.05, 3.63) is 0 Å². The van der Waals surface area contributed by atoms with E-state index in [2.05, 4.69) is 69.4 Å². The van der Waals surface area contributed by atoms with E-state index in [-0.39, 0.29) is 117 Å². The first kappa shape index (κ1) is 109. The van der Waals surface area contributed by atoms with Gasteiger partial charge in [-0.15, -0.1) is 0 Å². The second-order valence-corrected chi connectivity index (χ2v) is 25.8. The number of hydrogen-bond acceptors (Lipinski definition) is 18. The van der Waals surface area contributed by atoms with Crippen molar-refractivity contribution >= 4 is 46.8 Å². The van der Waals surface area contributed by atoms with Crippen LogP contribution in [0.1, 0.15) is 195 Å². The Bertz CT molecular complexity index is 1790. The molecule has 0 unspecified atom stereocenters. The standard InChI is InChI=1S/2C10H20N2O.2C9H18N2O.2C8H16N2O.C6H13NO.C5H11NO.7CH4/c1-9(2)10(13)3-6-12-7-4-11-5-8-12;1-9(2)3-4-10(13)12-7-5-11-6-8-12;1-8(2)9(12)7-11-5-3-10-4-6-11;1-8(2)7-9(12)11-5-3-10-4-6-11;2*1-7(2)8(11)10-5-3-9-4-6-10;1-5(2)6(8)3-4-7;1-4(2)5(7)3-6;;;;;;;/h2*9,11H,3-8H2,1-2H3;2*8,10H,3-7H2,1-2H3;2*7,9H,3-6H2,1-2H3;5H,3-4,7H2,1-2H3;4H,3,6H2,1-2H3;7*1H4. The summed E-state index contributed by atoms with van der Waals surface area (Å²) in [6, 6.07) is 0. The first-order chi connectivity index (χ1) is 41.1. The van der Waals surface area contributed by atoms with Gasteiger partial charge in [-0.25, -0.2) is 0 Å². The second-order valence-electron chi connectivity index (χ2n) is 25.8. The zero-order valence-corrected chi connectivity index (χ0v) is 58.1. The molecule has 10 N–H and O–H groups in total. The van der Waals surface area contributed by atoms with Crippen LogP contribution in [0.25, 0.3) is 0 Å². The fourth-order valence-electron chi connectivity index (χ4n) is 8.81. The third-order valence-electron chi connectivity index (χ3n) is 14.9.